The summed E-state index contributed by atoms with van der Waals surface area (Å²) in [5.74, 6) is 0.395. The Morgan fingerprint density at radius 2 is 2.31 bits per heavy atom. The lowest BCUT2D eigenvalue weighted by Gasteiger charge is -2.10. The molecule has 0 saturated heterocycles. The van der Waals surface area contributed by atoms with E-state index >= 15 is 0 Å². The fraction of sp³-hybridized carbons (Fsp3) is 0.417. The molecule has 0 radical (unpaired) electrons. The van der Waals surface area contributed by atoms with Crippen LogP contribution in [0.3, 0.4) is 0 Å². The SMILES string of the molecule is CCCc1ccc(OC)c(C(F)N=C=O)c1. The second kappa shape index (κ2) is 6.03. The molecule has 0 aromatic heterocycles. The number of ether oxygens (including phenoxy) is 1. The van der Waals surface area contributed by atoms with Crippen molar-refractivity contribution in [2.45, 2.75) is 26.1 Å². The highest BCUT2D eigenvalue weighted by molar-refractivity contribution is 5.41. The van der Waals surface area contributed by atoms with Gasteiger partial charge in [-0.15, -0.1) is 0 Å². The molecule has 1 aromatic rings. The number of carbonyl (C=O) groups excluding carboxylic acids is 1. The number of hydrogen-bond donors (Lipinski definition) is 0. The van der Waals surface area contributed by atoms with Crippen LogP contribution in [-0.4, -0.2) is 13.2 Å². The second-order valence-corrected chi connectivity index (χ2v) is 3.38. The van der Waals surface area contributed by atoms with Crippen LogP contribution in [0.2, 0.25) is 0 Å². The third-order valence-electron chi connectivity index (χ3n) is 2.26. The lowest BCUT2D eigenvalue weighted by atomic mass is 10.1. The summed E-state index contributed by atoms with van der Waals surface area (Å²) in [7, 11) is 1.45. The van der Waals surface area contributed by atoms with Crippen LogP contribution in [0.5, 0.6) is 5.75 Å². The Bertz CT molecular complexity index is 400. The van der Waals surface area contributed by atoms with Crippen molar-refractivity contribution in [3.8, 4) is 5.75 Å². The molecule has 1 atom stereocenters. The van der Waals surface area contributed by atoms with Gasteiger partial charge in [-0.1, -0.05) is 19.4 Å². The van der Waals surface area contributed by atoms with Crippen LogP contribution in [0.4, 0.5) is 4.39 Å². The second-order valence-electron chi connectivity index (χ2n) is 3.38. The fourth-order valence-electron chi connectivity index (χ4n) is 1.53. The van der Waals surface area contributed by atoms with Crippen molar-refractivity contribution in [1.82, 2.24) is 0 Å². The Hall–Kier alpha value is -1.67. The highest BCUT2D eigenvalue weighted by atomic mass is 19.1. The molecular formula is C12H14FNO2. The van der Waals surface area contributed by atoms with E-state index < -0.39 is 6.30 Å². The number of aryl methyl sites for hydroxylation is 1. The van der Waals surface area contributed by atoms with Gasteiger partial charge in [-0.25, -0.2) is 9.18 Å². The number of benzene rings is 1. The van der Waals surface area contributed by atoms with Gasteiger partial charge >= 0.3 is 0 Å². The molecular weight excluding hydrogens is 209 g/mol. The van der Waals surface area contributed by atoms with Gasteiger partial charge in [0.25, 0.3) is 0 Å². The topological polar surface area (TPSA) is 38.7 Å². The molecule has 4 heteroatoms. The first kappa shape index (κ1) is 12.4. The number of rotatable bonds is 5. The lowest BCUT2D eigenvalue weighted by molar-refractivity contribution is 0.334. The summed E-state index contributed by atoms with van der Waals surface area (Å²) in [6, 6.07) is 5.24. The average Bonchev–Trinajstić information content (AvgIpc) is 2.30. The number of isocyanates is 1. The monoisotopic (exact) mass is 223 g/mol. The van der Waals surface area contributed by atoms with E-state index in [4.69, 9.17) is 4.74 Å². The summed E-state index contributed by atoms with van der Waals surface area (Å²) in [5.41, 5.74) is 1.28. The molecule has 0 N–H and O–H groups in total. The van der Waals surface area contributed by atoms with Crippen LogP contribution in [0.1, 0.15) is 30.8 Å². The zero-order valence-electron chi connectivity index (χ0n) is 9.37. The third kappa shape index (κ3) is 2.91. The molecule has 0 saturated carbocycles. The summed E-state index contributed by atoms with van der Waals surface area (Å²) in [4.78, 5) is 13.1. The zero-order valence-corrected chi connectivity index (χ0v) is 9.37. The van der Waals surface area contributed by atoms with Crippen molar-refractivity contribution in [2.75, 3.05) is 7.11 Å². The summed E-state index contributed by atoms with van der Waals surface area (Å²) in [5, 5.41) is 0. The average molecular weight is 223 g/mol. The smallest absolute Gasteiger partial charge is 0.238 e. The molecule has 1 rings (SSSR count). The molecule has 0 bridgehead atoms. The summed E-state index contributed by atoms with van der Waals surface area (Å²) in [6.45, 7) is 2.04. The summed E-state index contributed by atoms with van der Waals surface area (Å²) < 4.78 is 18.5. The highest BCUT2D eigenvalue weighted by Gasteiger charge is 2.14. The minimum absolute atomic E-state index is 0.275. The van der Waals surface area contributed by atoms with Crippen LogP contribution in [-0.2, 0) is 11.2 Å². The van der Waals surface area contributed by atoms with Crippen molar-refractivity contribution in [2.24, 2.45) is 4.99 Å². The van der Waals surface area contributed by atoms with Gasteiger partial charge in [0.2, 0.25) is 12.4 Å². The molecule has 1 aromatic carbocycles. The standard InChI is InChI=1S/C12H14FNO2/c1-3-4-9-5-6-11(16-2)10(7-9)12(13)14-8-15/h5-7,12H,3-4H2,1-2H3. The van der Waals surface area contributed by atoms with E-state index in [2.05, 4.69) is 4.99 Å². The molecule has 1 unspecified atom stereocenters. The maximum Gasteiger partial charge on any atom is 0.238 e. The lowest BCUT2D eigenvalue weighted by Crippen LogP contribution is -1.96. The van der Waals surface area contributed by atoms with Crippen LogP contribution < -0.4 is 4.74 Å². The zero-order chi connectivity index (χ0) is 12.0. The van der Waals surface area contributed by atoms with Gasteiger partial charge in [-0.2, -0.15) is 4.99 Å². The molecule has 3 nitrogen and oxygen atoms in total. The van der Waals surface area contributed by atoms with Crippen LogP contribution >= 0.6 is 0 Å². The van der Waals surface area contributed by atoms with Gasteiger partial charge < -0.3 is 4.74 Å². The molecule has 0 spiro atoms. The van der Waals surface area contributed by atoms with E-state index in [9.17, 15) is 9.18 Å². The molecule has 0 amide bonds. The number of hydrogen-bond acceptors (Lipinski definition) is 3. The van der Waals surface area contributed by atoms with Crippen LogP contribution in [0, 0.1) is 0 Å². The first-order valence-corrected chi connectivity index (χ1v) is 5.10. The molecule has 86 valence electrons. The van der Waals surface area contributed by atoms with E-state index in [1.165, 1.54) is 13.2 Å². The molecule has 0 aliphatic heterocycles. The largest absolute Gasteiger partial charge is 0.496 e. The molecule has 0 aliphatic carbocycles. The molecule has 0 heterocycles. The Morgan fingerprint density at radius 1 is 1.56 bits per heavy atom. The van der Waals surface area contributed by atoms with Gasteiger partial charge in [0.05, 0.1) is 12.7 Å². The van der Waals surface area contributed by atoms with Gasteiger partial charge in [0, 0.05) is 0 Å². The fourth-order valence-corrected chi connectivity index (χ4v) is 1.53. The predicted octanol–water partition coefficient (Wildman–Crippen LogP) is 2.95. The van der Waals surface area contributed by atoms with E-state index in [1.807, 2.05) is 13.0 Å². The van der Waals surface area contributed by atoms with E-state index in [0.29, 0.717) is 5.75 Å². The predicted molar refractivity (Wildman–Crippen MR) is 59.0 cm³/mol. The van der Waals surface area contributed by atoms with Gasteiger partial charge in [-0.3, -0.25) is 0 Å². The Balaban J connectivity index is 3.10. The minimum atomic E-state index is -1.70. The third-order valence-corrected chi connectivity index (χ3v) is 2.26. The minimum Gasteiger partial charge on any atom is -0.496 e. The number of halogens is 1. The number of aliphatic imine (C=N–C) groups is 1. The Labute approximate surface area is 94.0 Å². The van der Waals surface area contributed by atoms with Crippen molar-refractivity contribution in [3.05, 3.63) is 29.3 Å². The van der Waals surface area contributed by atoms with Crippen LogP contribution in [0.25, 0.3) is 0 Å². The van der Waals surface area contributed by atoms with Gasteiger partial charge in [-0.05, 0) is 24.1 Å². The van der Waals surface area contributed by atoms with Crippen molar-refractivity contribution in [3.63, 3.8) is 0 Å². The van der Waals surface area contributed by atoms with Gasteiger partial charge in [0.15, 0.2) is 0 Å². The summed E-state index contributed by atoms with van der Waals surface area (Å²) in [6.07, 6.45) is 1.34. The van der Waals surface area contributed by atoms with E-state index in [-0.39, 0.29) is 5.56 Å². The quantitative estimate of drug-likeness (QED) is 0.437. The maximum absolute atomic E-state index is 13.5. The summed E-state index contributed by atoms with van der Waals surface area (Å²) >= 11 is 0. The Morgan fingerprint density at radius 3 is 2.88 bits per heavy atom. The maximum atomic E-state index is 13.5. The van der Waals surface area contributed by atoms with Crippen molar-refractivity contribution < 1.29 is 13.9 Å². The Kier molecular flexibility index (Phi) is 4.67. The number of nitrogens with zero attached hydrogens (tertiary/aromatic N) is 1. The van der Waals surface area contributed by atoms with E-state index in [0.717, 1.165) is 18.4 Å². The normalized spacial score (nSPS) is 11.7. The van der Waals surface area contributed by atoms with Gasteiger partial charge in [0.1, 0.15) is 5.75 Å². The number of alkyl halides is 1. The first-order chi connectivity index (χ1) is 7.72. The molecule has 0 fully saturated rings. The van der Waals surface area contributed by atoms with Crippen molar-refractivity contribution >= 4 is 6.08 Å². The molecule has 16 heavy (non-hydrogen) atoms. The van der Waals surface area contributed by atoms with Crippen molar-refractivity contribution in [1.29, 1.82) is 0 Å². The molecule has 0 aliphatic rings. The highest BCUT2D eigenvalue weighted by Crippen LogP contribution is 2.29. The van der Waals surface area contributed by atoms with E-state index in [1.54, 1.807) is 12.1 Å². The van der Waals surface area contributed by atoms with Crippen LogP contribution in [0.15, 0.2) is 23.2 Å². The number of methoxy groups -OCH3 is 1. The first-order valence-electron chi connectivity index (χ1n) is 5.10.